The van der Waals surface area contributed by atoms with Gasteiger partial charge in [0.2, 0.25) is 0 Å². The number of carbonyl (C=O) groups excluding carboxylic acids is 2. The van der Waals surface area contributed by atoms with Gasteiger partial charge in [0.05, 0.1) is 19.4 Å². The van der Waals surface area contributed by atoms with E-state index in [9.17, 15) is 19.2 Å². The summed E-state index contributed by atoms with van der Waals surface area (Å²) in [6.45, 7) is 9.13. The van der Waals surface area contributed by atoms with E-state index in [1.165, 1.54) is 6.20 Å². The molecule has 0 aliphatic carbocycles. The highest BCUT2D eigenvalue weighted by atomic mass is 35.5. The smallest absolute Gasteiger partial charge is 0.307 e. The van der Waals surface area contributed by atoms with Gasteiger partial charge >= 0.3 is 17.9 Å². The fourth-order valence-electron chi connectivity index (χ4n) is 2.46. The van der Waals surface area contributed by atoms with E-state index in [0.717, 1.165) is 17.4 Å². The van der Waals surface area contributed by atoms with Crippen molar-refractivity contribution in [3.63, 3.8) is 0 Å². The highest BCUT2D eigenvalue weighted by molar-refractivity contribution is 5.85. The van der Waals surface area contributed by atoms with Crippen molar-refractivity contribution in [3.05, 3.63) is 90.3 Å². The fourth-order valence-corrected chi connectivity index (χ4v) is 2.46. The largest absolute Gasteiger partial charge is 0.481 e. The zero-order valence-electron chi connectivity index (χ0n) is 27.9. The number of aldehydes is 1. The van der Waals surface area contributed by atoms with Crippen LogP contribution in [0.3, 0.4) is 0 Å². The summed E-state index contributed by atoms with van der Waals surface area (Å²) in [5.74, 6) is -1.92. The van der Waals surface area contributed by atoms with Crippen molar-refractivity contribution in [1.82, 2.24) is 15.0 Å². The third-order valence-electron chi connectivity index (χ3n) is 4.43. The van der Waals surface area contributed by atoms with Crippen LogP contribution in [-0.2, 0) is 19.1 Å². The number of carboxylic acids is 2. The molecule has 0 fully saturated rings. The summed E-state index contributed by atoms with van der Waals surface area (Å²) in [7, 11) is 0. The van der Waals surface area contributed by atoms with E-state index >= 15 is 0 Å². The van der Waals surface area contributed by atoms with Gasteiger partial charge in [-0.05, 0) is 63.1 Å². The van der Waals surface area contributed by atoms with Crippen LogP contribution in [-0.4, -0.2) is 78.9 Å². The average molecular weight is 740 g/mol. The summed E-state index contributed by atoms with van der Waals surface area (Å²) in [6.07, 6.45) is 10.6. The first-order valence-corrected chi connectivity index (χ1v) is 14.3. The van der Waals surface area contributed by atoms with E-state index in [1.807, 2.05) is 6.07 Å². The maximum Gasteiger partial charge on any atom is 0.307 e. The third kappa shape index (κ3) is 41.9. The van der Waals surface area contributed by atoms with Gasteiger partial charge in [0, 0.05) is 75.4 Å². The lowest BCUT2D eigenvalue weighted by molar-refractivity contribution is -0.143. The monoisotopic (exact) mass is 738 g/mol. The lowest BCUT2D eigenvalue weighted by Crippen LogP contribution is -2.17. The van der Waals surface area contributed by atoms with Crippen LogP contribution in [0.15, 0.2) is 73.6 Å². The number of hydrogen-bond donors (Lipinski definition) is 6. The van der Waals surface area contributed by atoms with Crippen LogP contribution in [0.5, 0.6) is 0 Å². The maximum atomic E-state index is 11.1. The Balaban J connectivity index is -0.0000000939. The maximum absolute atomic E-state index is 11.1. The number of aromatic nitrogens is 3. The molecular formula is C33H57Cl2N5O9. The quantitative estimate of drug-likeness (QED) is 0.124. The van der Waals surface area contributed by atoms with Crippen molar-refractivity contribution in [1.29, 1.82) is 0 Å². The van der Waals surface area contributed by atoms with E-state index in [4.69, 9.17) is 36.6 Å². The molecule has 2 unspecified atom stereocenters. The number of hydrogen-bond acceptors (Lipinski definition) is 12. The summed E-state index contributed by atoms with van der Waals surface area (Å²) in [6, 6.07) is 9.78. The highest BCUT2D eigenvalue weighted by Crippen LogP contribution is 2.12. The Morgan fingerprint density at radius 3 is 1.43 bits per heavy atom. The van der Waals surface area contributed by atoms with Gasteiger partial charge in [0.1, 0.15) is 0 Å². The molecule has 8 N–H and O–H groups in total. The minimum atomic E-state index is -0.897. The number of esters is 1. The summed E-state index contributed by atoms with van der Waals surface area (Å²) in [4.78, 5) is 52.2. The number of halogens is 2. The van der Waals surface area contributed by atoms with Crippen LogP contribution in [0.25, 0.3) is 0 Å². The second kappa shape index (κ2) is 40.1. The molecule has 49 heavy (non-hydrogen) atoms. The summed E-state index contributed by atoms with van der Waals surface area (Å²) in [5, 5.41) is 31.8. The lowest BCUT2D eigenvalue weighted by Gasteiger charge is -2.09. The van der Waals surface area contributed by atoms with Gasteiger partial charge in [-0.3, -0.25) is 34.1 Å². The van der Waals surface area contributed by atoms with Crippen molar-refractivity contribution in [2.24, 2.45) is 11.5 Å². The van der Waals surface area contributed by atoms with E-state index in [-0.39, 0.29) is 77.7 Å². The number of aliphatic hydroxyl groups excluding tert-OH is 2. The molecule has 0 amide bonds. The van der Waals surface area contributed by atoms with Crippen molar-refractivity contribution in [3.8, 4) is 0 Å². The first-order valence-electron chi connectivity index (χ1n) is 14.3. The average Bonchev–Trinajstić information content (AvgIpc) is 3.03. The number of ether oxygens (including phenoxy) is 1. The molecule has 3 heterocycles. The van der Waals surface area contributed by atoms with E-state index in [0.29, 0.717) is 12.2 Å². The van der Waals surface area contributed by atoms with Gasteiger partial charge in [0.15, 0.2) is 6.29 Å². The minimum absolute atomic E-state index is 0. The Hall–Kier alpha value is -4.05. The Labute approximate surface area is 303 Å². The Morgan fingerprint density at radius 2 is 1.18 bits per heavy atom. The first kappa shape index (κ1) is 57.2. The van der Waals surface area contributed by atoms with Crippen molar-refractivity contribution < 1.29 is 45.8 Å². The minimum Gasteiger partial charge on any atom is -0.481 e. The van der Waals surface area contributed by atoms with E-state index < -0.39 is 18.0 Å². The summed E-state index contributed by atoms with van der Waals surface area (Å²) in [5.41, 5.74) is 13.6. The second-order valence-corrected chi connectivity index (χ2v) is 8.95. The molecule has 2 atom stereocenters. The normalized spacial score (nSPS) is 9.76. The Kier molecular flexibility index (Phi) is 46.9. The molecule has 3 aromatic heterocycles. The number of nitrogens with zero attached hydrogens (tertiary/aromatic N) is 3. The topological polar surface area (TPSA) is 249 Å². The number of aliphatic carboxylic acids is 2. The summed E-state index contributed by atoms with van der Waals surface area (Å²) < 4.78 is 4.79. The van der Waals surface area contributed by atoms with Gasteiger partial charge in [-0.1, -0.05) is 26.5 Å². The SMILES string of the molecule is C.CC(C)O.CCC(=O)O.CCO.CCOC(=O)CC(N)c1cccnc1.Cl.Cl.NC(CC(=O)O)c1cccnc1.O=Cc1cccnc1.[2HH]. The lowest BCUT2D eigenvalue weighted by atomic mass is 10.1. The molecule has 0 radical (unpaired) electrons. The molecule has 0 aliphatic heterocycles. The molecule has 0 aromatic carbocycles. The van der Waals surface area contributed by atoms with E-state index in [2.05, 4.69) is 15.0 Å². The van der Waals surface area contributed by atoms with E-state index in [1.54, 1.807) is 95.9 Å². The van der Waals surface area contributed by atoms with Gasteiger partial charge in [0.25, 0.3) is 0 Å². The molecule has 0 bridgehead atoms. The first-order chi connectivity index (χ1) is 21.8. The molecule has 282 valence electrons. The number of carbonyl (C=O) groups is 4. The van der Waals surface area contributed by atoms with Crippen LogP contribution in [0.2, 0.25) is 0 Å². The van der Waals surface area contributed by atoms with Crippen molar-refractivity contribution in [2.45, 2.75) is 79.5 Å². The number of pyridine rings is 3. The zero-order chi connectivity index (χ0) is 35.8. The predicted molar refractivity (Wildman–Crippen MR) is 197 cm³/mol. The zero-order valence-corrected chi connectivity index (χ0v) is 29.5. The van der Waals surface area contributed by atoms with Crippen LogP contribution in [0.1, 0.15) is 96.3 Å². The van der Waals surface area contributed by atoms with Crippen LogP contribution >= 0.6 is 24.8 Å². The fraction of sp³-hybridized carbons (Fsp3) is 0.424. The van der Waals surface area contributed by atoms with Crippen LogP contribution in [0.4, 0.5) is 0 Å². The molecule has 16 heteroatoms. The Bertz CT molecular complexity index is 1170. The molecule has 0 spiro atoms. The van der Waals surface area contributed by atoms with Gasteiger partial charge in [-0.25, -0.2) is 0 Å². The van der Waals surface area contributed by atoms with Crippen molar-refractivity contribution in [2.75, 3.05) is 13.2 Å². The van der Waals surface area contributed by atoms with Crippen LogP contribution < -0.4 is 11.5 Å². The second-order valence-electron chi connectivity index (χ2n) is 8.95. The standard InChI is InChI=1S/C10H14N2O2.C8H10N2O2.C6H5NO.C3H6O2.C3H8O.C2H6O.CH4.2ClH.H2/c1-2-14-10(13)6-9(11)8-4-3-5-12-7-8;9-7(4-8(11)12)6-2-1-3-10-5-6;8-5-6-2-1-3-7-4-6;1-2-3(4)5;1-3(2)4;1-2-3;;;;/h3-5,7,9H,2,6,11H2,1H3;1-3,5,7H,4,9H2,(H,11,12);1-5H;2H2,1H3,(H,4,5);3-4H,1-2H3;3H,2H2,1H3;1H4;3*1H/i;;;;;;;;;1+1. The number of carboxylic acid groups (broad SMARTS) is 2. The Morgan fingerprint density at radius 1 is 0.816 bits per heavy atom. The van der Waals surface area contributed by atoms with Crippen LogP contribution in [0, 0.1) is 0 Å². The molecule has 3 rings (SSSR count). The number of rotatable bonds is 9. The predicted octanol–water partition coefficient (Wildman–Crippen LogP) is 5.08. The molecule has 14 nitrogen and oxygen atoms in total. The number of aliphatic hydroxyl groups is 2. The molecule has 0 saturated carbocycles. The van der Waals surface area contributed by atoms with Gasteiger partial charge in [-0.15, -0.1) is 24.8 Å². The van der Waals surface area contributed by atoms with Crippen molar-refractivity contribution >= 4 is 49.0 Å². The summed E-state index contributed by atoms with van der Waals surface area (Å²) >= 11 is 0. The number of nitrogens with two attached hydrogens (primary N) is 2. The molecule has 0 aliphatic rings. The molecule has 3 aromatic rings. The molecular weight excluding hydrogens is 681 g/mol. The highest BCUT2D eigenvalue weighted by Gasteiger charge is 2.12. The molecule has 0 saturated heterocycles. The van der Waals surface area contributed by atoms with Gasteiger partial charge < -0.3 is 36.6 Å². The third-order valence-corrected chi connectivity index (χ3v) is 4.43. The van der Waals surface area contributed by atoms with Gasteiger partial charge in [-0.2, -0.15) is 0 Å².